The van der Waals surface area contributed by atoms with Gasteiger partial charge in [-0.15, -0.1) is 0 Å². The molecule has 0 bridgehead atoms. The monoisotopic (exact) mass is 326 g/mol. The molecule has 2 aromatic rings. The molecule has 2 rings (SSSR count). The SMILES string of the molecule is CCc1ccc(/C(C)=N\NC(=O)c2cc(OC)cc(OC)c2)cc1. The van der Waals surface area contributed by atoms with Gasteiger partial charge in [-0.2, -0.15) is 5.10 Å². The highest BCUT2D eigenvalue weighted by Gasteiger charge is 2.09. The highest BCUT2D eigenvalue weighted by molar-refractivity contribution is 6.01. The number of carbonyl (C=O) groups excluding carboxylic acids is 1. The first-order valence-corrected chi connectivity index (χ1v) is 7.74. The summed E-state index contributed by atoms with van der Waals surface area (Å²) < 4.78 is 10.3. The quantitative estimate of drug-likeness (QED) is 0.653. The zero-order valence-electron chi connectivity index (χ0n) is 14.4. The molecule has 1 amide bonds. The summed E-state index contributed by atoms with van der Waals surface area (Å²) in [5.74, 6) is 0.780. The van der Waals surface area contributed by atoms with E-state index in [1.54, 1.807) is 32.4 Å². The molecule has 0 aliphatic heterocycles. The molecule has 0 heterocycles. The van der Waals surface area contributed by atoms with Crippen molar-refractivity contribution in [3.8, 4) is 11.5 Å². The summed E-state index contributed by atoms with van der Waals surface area (Å²) in [5, 5.41) is 4.17. The number of ether oxygens (including phenoxy) is 2. The van der Waals surface area contributed by atoms with Gasteiger partial charge in [-0.05, 0) is 36.6 Å². The predicted molar refractivity (Wildman–Crippen MR) is 95.0 cm³/mol. The highest BCUT2D eigenvalue weighted by Crippen LogP contribution is 2.22. The molecule has 0 spiro atoms. The van der Waals surface area contributed by atoms with E-state index < -0.39 is 0 Å². The van der Waals surface area contributed by atoms with Crippen LogP contribution in [0.5, 0.6) is 11.5 Å². The Morgan fingerprint density at radius 2 is 1.58 bits per heavy atom. The van der Waals surface area contributed by atoms with Gasteiger partial charge in [0.05, 0.1) is 19.9 Å². The van der Waals surface area contributed by atoms with Crippen LogP contribution in [0.1, 0.15) is 35.3 Å². The molecule has 0 aromatic heterocycles. The first-order valence-electron chi connectivity index (χ1n) is 7.74. The van der Waals surface area contributed by atoms with Gasteiger partial charge in [0.1, 0.15) is 11.5 Å². The van der Waals surface area contributed by atoms with E-state index in [9.17, 15) is 4.79 Å². The van der Waals surface area contributed by atoms with E-state index in [4.69, 9.17) is 9.47 Å². The number of carbonyl (C=O) groups is 1. The Morgan fingerprint density at radius 1 is 1.00 bits per heavy atom. The second kappa shape index (κ2) is 8.15. The van der Waals surface area contributed by atoms with Crippen LogP contribution < -0.4 is 14.9 Å². The van der Waals surface area contributed by atoms with Gasteiger partial charge in [0.25, 0.3) is 5.91 Å². The molecule has 0 radical (unpaired) electrons. The number of hydrazone groups is 1. The van der Waals surface area contributed by atoms with Gasteiger partial charge in [-0.1, -0.05) is 31.2 Å². The smallest absolute Gasteiger partial charge is 0.271 e. The molecular weight excluding hydrogens is 304 g/mol. The molecule has 5 heteroatoms. The number of amides is 1. The number of rotatable bonds is 6. The summed E-state index contributed by atoms with van der Waals surface area (Å²) in [7, 11) is 3.08. The molecule has 0 atom stereocenters. The van der Waals surface area contributed by atoms with Gasteiger partial charge in [-0.25, -0.2) is 5.43 Å². The van der Waals surface area contributed by atoms with Gasteiger partial charge in [0.15, 0.2) is 0 Å². The maximum atomic E-state index is 12.3. The van der Waals surface area contributed by atoms with Gasteiger partial charge >= 0.3 is 0 Å². The van der Waals surface area contributed by atoms with Crippen molar-refractivity contribution in [3.05, 3.63) is 59.2 Å². The van der Waals surface area contributed by atoms with Crippen LogP contribution >= 0.6 is 0 Å². The van der Waals surface area contributed by atoms with Crippen molar-refractivity contribution in [2.75, 3.05) is 14.2 Å². The van der Waals surface area contributed by atoms with Crippen LogP contribution in [0.4, 0.5) is 0 Å². The minimum absolute atomic E-state index is 0.322. The van der Waals surface area contributed by atoms with Gasteiger partial charge < -0.3 is 9.47 Å². The maximum Gasteiger partial charge on any atom is 0.271 e. The molecule has 0 fully saturated rings. The van der Waals surface area contributed by atoms with Crippen LogP contribution in [0.15, 0.2) is 47.6 Å². The van der Waals surface area contributed by atoms with E-state index in [0.29, 0.717) is 17.1 Å². The van der Waals surface area contributed by atoms with E-state index in [-0.39, 0.29) is 5.91 Å². The highest BCUT2D eigenvalue weighted by atomic mass is 16.5. The average Bonchev–Trinajstić information content (AvgIpc) is 2.65. The Bertz CT molecular complexity index is 715. The molecule has 5 nitrogen and oxygen atoms in total. The maximum absolute atomic E-state index is 12.3. The number of nitrogens with one attached hydrogen (secondary N) is 1. The molecule has 0 unspecified atom stereocenters. The zero-order chi connectivity index (χ0) is 17.5. The number of nitrogens with zero attached hydrogens (tertiary/aromatic N) is 1. The van der Waals surface area contributed by atoms with Crippen molar-refractivity contribution < 1.29 is 14.3 Å². The molecular formula is C19H22N2O3. The molecule has 1 N–H and O–H groups in total. The number of methoxy groups -OCH3 is 2. The molecule has 0 saturated carbocycles. The minimum Gasteiger partial charge on any atom is -0.497 e. The Kier molecular flexibility index (Phi) is 5.95. The fourth-order valence-corrected chi connectivity index (χ4v) is 2.18. The molecule has 24 heavy (non-hydrogen) atoms. The third-order valence-electron chi connectivity index (χ3n) is 3.72. The number of hydrogen-bond donors (Lipinski definition) is 1. The van der Waals surface area contributed by atoms with Crippen LogP contribution in [0, 0.1) is 0 Å². The minimum atomic E-state index is -0.322. The predicted octanol–water partition coefficient (Wildman–Crippen LogP) is 3.42. The average molecular weight is 326 g/mol. The number of benzene rings is 2. The Balaban J connectivity index is 2.13. The van der Waals surface area contributed by atoms with Crippen molar-refractivity contribution in [3.63, 3.8) is 0 Å². The van der Waals surface area contributed by atoms with E-state index in [0.717, 1.165) is 17.7 Å². The molecule has 2 aromatic carbocycles. The van der Waals surface area contributed by atoms with Crippen molar-refractivity contribution in [2.45, 2.75) is 20.3 Å². The lowest BCUT2D eigenvalue weighted by atomic mass is 10.1. The van der Waals surface area contributed by atoms with Gasteiger partial charge in [0, 0.05) is 11.6 Å². The van der Waals surface area contributed by atoms with Crippen molar-refractivity contribution in [1.82, 2.24) is 5.43 Å². The Hall–Kier alpha value is -2.82. The van der Waals surface area contributed by atoms with Crippen molar-refractivity contribution in [2.24, 2.45) is 5.10 Å². The van der Waals surface area contributed by atoms with E-state index in [1.807, 2.05) is 19.1 Å². The fraction of sp³-hybridized carbons (Fsp3) is 0.263. The summed E-state index contributed by atoms with van der Waals surface area (Å²) in [6.45, 7) is 3.96. The number of hydrogen-bond acceptors (Lipinski definition) is 4. The van der Waals surface area contributed by atoms with E-state index in [1.165, 1.54) is 5.56 Å². The van der Waals surface area contributed by atoms with Crippen LogP contribution in [-0.4, -0.2) is 25.8 Å². The summed E-state index contributed by atoms with van der Waals surface area (Å²) >= 11 is 0. The number of aryl methyl sites for hydroxylation is 1. The Labute approximate surface area is 142 Å². The van der Waals surface area contributed by atoms with E-state index in [2.05, 4.69) is 29.6 Å². The summed E-state index contributed by atoms with van der Waals surface area (Å²) in [6, 6.07) is 13.1. The second-order valence-electron chi connectivity index (χ2n) is 5.29. The fourth-order valence-electron chi connectivity index (χ4n) is 2.18. The first kappa shape index (κ1) is 17.5. The summed E-state index contributed by atoms with van der Waals surface area (Å²) in [5.41, 5.74) is 5.95. The zero-order valence-corrected chi connectivity index (χ0v) is 14.4. The third-order valence-corrected chi connectivity index (χ3v) is 3.72. The van der Waals surface area contributed by atoms with Crippen molar-refractivity contribution in [1.29, 1.82) is 0 Å². The lowest BCUT2D eigenvalue weighted by molar-refractivity contribution is 0.0954. The van der Waals surface area contributed by atoms with Gasteiger partial charge in [-0.3, -0.25) is 4.79 Å². The van der Waals surface area contributed by atoms with Crippen LogP contribution in [-0.2, 0) is 6.42 Å². The largest absolute Gasteiger partial charge is 0.497 e. The molecule has 0 aliphatic rings. The third kappa shape index (κ3) is 4.35. The Morgan fingerprint density at radius 3 is 2.08 bits per heavy atom. The van der Waals surface area contributed by atoms with Crippen molar-refractivity contribution >= 4 is 11.6 Å². The van der Waals surface area contributed by atoms with E-state index >= 15 is 0 Å². The van der Waals surface area contributed by atoms with Gasteiger partial charge in [0.2, 0.25) is 0 Å². The summed E-state index contributed by atoms with van der Waals surface area (Å²) in [6.07, 6.45) is 0.991. The standard InChI is InChI=1S/C19H22N2O3/c1-5-14-6-8-15(9-7-14)13(2)20-21-19(22)16-10-17(23-3)12-18(11-16)24-4/h6-12H,5H2,1-4H3,(H,21,22)/b20-13-. The first-order chi connectivity index (χ1) is 11.6. The summed E-state index contributed by atoms with van der Waals surface area (Å²) in [4.78, 5) is 12.3. The molecule has 126 valence electrons. The van der Waals surface area contributed by atoms with Crippen LogP contribution in [0.2, 0.25) is 0 Å². The van der Waals surface area contributed by atoms with Crippen LogP contribution in [0.25, 0.3) is 0 Å². The lowest BCUT2D eigenvalue weighted by Crippen LogP contribution is -2.19. The topological polar surface area (TPSA) is 59.9 Å². The lowest BCUT2D eigenvalue weighted by Gasteiger charge is -2.08. The van der Waals surface area contributed by atoms with Crippen LogP contribution in [0.3, 0.4) is 0 Å². The molecule has 0 saturated heterocycles. The second-order valence-corrected chi connectivity index (χ2v) is 5.29. The normalized spacial score (nSPS) is 11.1. The molecule has 0 aliphatic carbocycles.